The molecule has 0 aliphatic carbocycles. The molecule has 0 unspecified atom stereocenters. The van der Waals surface area contributed by atoms with Gasteiger partial charge in [0.15, 0.2) is 6.10 Å². The number of carboxylic acids is 1. The molecule has 0 saturated carbocycles. The van der Waals surface area contributed by atoms with Crippen molar-refractivity contribution in [2.45, 2.75) is 58.1 Å². The van der Waals surface area contributed by atoms with Crippen molar-refractivity contribution in [2.24, 2.45) is 0 Å². The normalized spacial score (nSPS) is 22.1. The van der Waals surface area contributed by atoms with Crippen molar-refractivity contribution in [1.82, 2.24) is 0 Å². The van der Waals surface area contributed by atoms with Crippen molar-refractivity contribution in [3.05, 3.63) is 23.8 Å². The Morgan fingerprint density at radius 3 is 1.80 bits per heavy atom. The Morgan fingerprint density at radius 2 is 1.35 bits per heavy atom. The van der Waals surface area contributed by atoms with E-state index in [0.29, 0.717) is 0 Å². The Kier molecular flexibility index (Phi) is 10.5. The maximum absolute atomic E-state index is 12.8. The van der Waals surface area contributed by atoms with E-state index in [1.54, 1.807) is 0 Å². The number of aromatic carboxylic acids is 1. The molecule has 186 valence electrons. The summed E-state index contributed by atoms with van der Waals surface area (Å²) in [5.41, 5.74) is 5.35. The number of hydrogen-bond donors (Lipinski definition) is 3. The Balaban J connectivity index is 2.42. The van der Waals surface area contributed by atoms with Gasteiger partial charge in [-0.2, -0.15) is 0 Å². The summed E-state index contributed by atoms with van der Waals surface area (Å²) in [6.07, 6.45) is -8.58. The highest BCUT2D eigenvalue weighted by atomic mass is 16.7. The van der Waals surface area contributed by atoms with Crippen LogP contribution >= 0.6 is 0 Å². The molecule has 0 spiro atoms. The molecular weight excluding hydrogens is 506 g/mol. The number of nitrogens with two attached hydrogens (primary N) is 1. The number of nitrogen functional groups attached to an aromatic ring is 1. The molecule has 0 bridgehead atoms. The zero-order valence-corrected chi connectivity index (χ0v) is 21.3. The molecule has 0 aromatic heterocycles. The van der Waals surface area contributed by atoms with Crippen molar-refractivity contribution in [2.75, 3.05) is 12.3 Å². The molecule has 40 heavy (non-hydrogen) atoms. The van der Waals surface area contributed by atoms with Crippen LogP contribution in [0.2, 0.25) is 20.7 Å². The van der Waals surface area contributed by atoms with Crippen LogP contribution in [0, 0.1) is 0 Å². The lowest BCUT2D eigenvalue weighted by Gasteiger charge is -2.43. The second-order valence-electron chi connectivity index (χ2n) is 9.66. The van der Waals surface area contributed by atoms with Crippen LogP contribution in [0.25, 0.3) is 0 Å². The van der Waals surface area contributed by atoms with E-state index in [9.17, 15) is 24.6 Å². The number of benzene rings is 1. The molecule has 0 amide bonds. The Morgan fingerprint density at radius 1 is 0.875 bits per heavy atom. The zero-order chi connectivity index (χ0) is 30.8. The second-order valence-corrected chi connectivity index (χ2v) is 9.66. The quantitative estimate of drug-likeness (QED) is 0.153. The fraction of sp³-hybridized carbons (Fsp3) is 0.550. The van der Waals surface area contributed by atoms with Crippen molar-refractivity contribution in [1.29, 1.82) is 0 Å². The van der Waals surface area contributed by atoms with Crippen LogP contribution in [0.4, 0.5) is 5.69 Å². The van der Waals surface area contributed by atoms with Gasteiger partial charge in [0.05, 0.1) is 38.0 Å². The molecule has 1 heterocycles. The lowest BCUT2D eigenvalue weighted by atomic mass is 9.22. The van der Waals surface area contributed by atoms with Crippen molar-refractivity contribution < 1.29 is 43.5 Å². The van der Waals surface area contributed by atoms with Gasteiger partial charge in [-0.1, -0.05) is 0 Å². The maximum Gasteiger partial charge on any atom is 0.339 e. The number of carbonyl (C=O) groups excluding carboxylic acids is 2. The Labute approximate surface area is 245 Å². The van der Waals surface area contributed by atoms with Gasteiger partial charge in [0.2, 0.25) is 12.4 Å². The minimum atomic E-state index is -2.25. The van der Waals surface area contributed by atoms with Crippen LogP contribution in [0.1, 0.15) is 23.2 Å². The van der Waals surface area contributed by atoms with Crippen LogP contribution in [0.15, 0.2) is 18.2 Å². The number of carbonyl (C=O) groups is 3. The first-order valence-corrected chi connectivity index (χ1v) is 11.4. The predicted molar refractivity (Wildman–Crippen MR) is 151 cm³/mol. The monoisotopic (exact) mass is 525 g/mol. The first-order valence-electron chi connectivity index (χ1n) is 11.4. The van der Waals surface area contributed by atoms with E-state index in [1.165, 1.54) is 12.1 Å². The minimum Gasteiger partial charge on any atom is -0.478 e. The van der Waals surface area contributed by atoms with Crippen LogP contribution in [0.5, 0.6) is 5.75 Å². The highest BCUT2D eigenvalue weighted by Gasteiger charge is 2.48. The number of aliphatic hydroxyl groups is 1. The van der Waals surface area contributed by atoms with Crippen LogP contribution in [-0.4, -0.2) is 138 Å². The number of anilines is 1. The Hall–Kier alpha value is -2.20. The van der Waals surface area contributed by atoms with E-state index in [0.717, 1.165) is 6.07 Å². The number of hydrogen-bond acceptors (Lipinski definition) is 9. The smallest absolute Gasteiger partial charge is 0.339 e. The van der Waals surface area contributed by atoms with Gasteiger partial charge < -0.3 is 34.9 Å². The van der Waals surface area contributed by atoms with E-state index in [4.69, 9.17) is 103 Å². The largest absolute Gasteiger partial charge is 0.478 e. The zero-order valence-electron chi connectivity index (χ0n) is 21.3. The molecule has 4 atom stereocenters. The maximum atomic E-state index is 12.8. The van der Waals surface area contributed by atoms with Gasteiger partial charge in [-0.3, -0.25) is 9.59 Å². The SMILES string of the molecule is [B]C([B])([B])C([B])([B])CC(=O)O[C@@H]1[C@@H](OC(=O)CC([B])([B])C([B])([B])[B])[C@H](Oc2ccc(N)cc2C(=O)O)OC[C@H]1O. The summed E-state index contributed by atoms with van der Waals surface area (Å²) < 4.78 is 21.7. The molecule has 4 N–H and O–H groups in total. The summed E-state index contributed by atoms with van der Waals surface area (Å²) in [4.78, 5) is 37.2. The number of carboxylic acid groups (broad SMARTS) is 1. The third-order valence-electron chi connectivity index (χ3n) is 5.90. The average molecular weight is 523 g/mol. The van der Waals surface area contributed by atoms with Gasteiger partial charge in [-0.15, -0.1) is 20.7 Å². The molecule has 1 aliphatic rings. The Bertz CT molecular complexity index is 1110. The lowest BCUT2D eigenvalue weighted by molar-refractivity contribution is -0.257. The molecule has 20 radical (unpaired) electrons. The van der Waals surface area contributed by atoms with E-state index in [-0.39, 0.29) is 11.4 Å². The third-order valence-corrected chi connectivity index (χ3v) is 5.90. The average Bonchev–Trinajstić information content (AvgIpc) is 2.76. The van der Waals surface area contributed by atoms with Crippen LogP contribution in [-0.2, 0) is 23.8 Å². The standard InChI is InChI=1S/C20H17B10NO9/c21-17(22,19(25,26)27)4-11(33)39-13-9(32)6-37-16(38-10-2-1-7(31)3-8(10)15(35)36)14(13)40-12(34)5-18(23,24)20(28,29)30/h1-3,9,13-14,16,32H,4-6,31H2,(H,35,36)/t9-,13+,14-,16+/m1/s1. The minimum absolute atomic E-state index is 0.0958. The fourth-order valence-corrected chi connectivity index (χ4v) is 3.24. The van der Waals surface area contributed by atoms with Crippen molar-refractivity contribution in [3.8, 4) is 5.75 Å². The number of aliphatic hydroxyl groups excluding tert-OH is 1. The van der Waals surface area contributed by atoms with E-state index in [2.05, 4.69) is 0 Å². The number of ether oxygens (including phenoxy) is 4. The molecule has 1 aromatic rings. The first kappa shape index (κ1) is 34.0. The summed E-state index contributed by atoms with van der Waals surface area (Å²) in [5.74, 6) is -4.10. The number of rotatable bonds is 11. The van der Waals surface area contributed by atoms with Gasteiger partial charge in [0.25, 0.3) is 0 Å². The highest BCUT2D eigenvalue weighted by Crippen LogP contribution is 2.43. The third kappa shape index (κ3) is 8.41. The molecule has 1 aliphatic heterocycles. The lowest BCUT2D eigenvalue weighted by Crippen LogP contribution is -2.58. The number of esters is 2. The van der Waals surface area contributed by atoms with E-state index < -0.39 is 88.2 Å². The molecule has 10 nitrogen and oxygen atoms in total. The topological polar surface area (TPSA) is 155 Å². The molecule has 1 saturated heterocycles. The van der Waals surface area contributed by atoms with Gasteiger partial charge in [0, 0.05) is 65.6 Å². The summed E-state index contributed by atoms with van der Waals surface area (Å²) in [5, 5.41) is 11.2. The molecule has 1 aromatic carbocycles. The van der Waals surface area contributed by atoms with Crippen molar-refractivity contribution in [3.63, 3.8) is 0 Å². The summed E-state index contributed by atoms with van der Waals surface area (Å²) >= 11 is 0. The van der Waals surface area contributed by atoms with Crippen LogP contribution < -0.4 is 10.5 Å². The fourth-order valence-electron chi connectivity index (χ4n) is 3.24. The van der Waals surface area contributed by atoms with Gasteiger partial charge >= 0.3 is 17.9 Å². The summed E-state index contributed by atoms with van der Waals surface area (Å²) in [6, 6.07) is 3.61. The van der Waals surface area contributed by atoms with Gasteiger partial charge in [0.1, 0.15) is 17.4 Å². The van der Waals surface area contributed by atoms with E-state index in [1.807, 2.05) is 0 Å². The predicted octanol–water partition coefficient (Wildman–Crippen LogP) is -3.27. The van der Waals surface area contributed by atoms with Crippen LogP contribution in [0.3, 0.4) is 0 Å². The second kappa shape index (κ2) is 12.3. The molecule has 20 heteroatoms. The summed E-state index contributed by atoms with van der Waals surface area (Å²) in [6.45, 7) is -0.547. The molecule has 2 rings (SSSR count). The summed E-state index contributed by atoms with van der Waals surface area (Å²) in [7, 11) is 55.9. The molecule has 1 fully saturated rings. The van der Waals surface area contributed by atoms with Gasteiger partial charge in [-0.05, 0) is 18.2 Å². The van der Waals surface area contributed by atoms with E-state index >= 15 is 0 Å². The molecular formula is C20H17B10NO9. The highest BCUT2D eigenvalue weighted by molar-refractivity contribution is 6.68. The first-order chi connectivity index (χ1) is 18.1. The van der Waals surface area contributed by atoms with Crippen molar-refractivity contribution >= 4 is 102 Å². The van der Waals surface area contributed by atoms with Gasteiger partial charge in [-0.25, -0.2) is 4.79 Å².